The summed E-state index contributed by atoms with van der Waals surface area (Å²) >= 11 is 0. The molecule has 1 fully saturated rings. The van der Waals surface area contributed by atoms with E-state index in [1.165, 1.54) is 12.3 Å². The van der Waals surface area contributed by atoms with E-state index in [9.17, 15) is 4.79 Å². The molecular formula is C16H20N6O. The predicted octanol–water partition coefficient (Wildman–Crippen LogP) is 1.55. The Hall–Kier alpha value is -2.62. The molecule has 3 heterocycles. The van der Waals surface area contributed by atoms with Gasteiger partial charge in [0, 0.05) is 35.8 Å². The first-order chi connectivity index (χ1) is 15.4. The first kappa shape index (κ1) is 6.87. The molecule has 0 aromatic carbocycles. The number of nitrogens with zero attached hydrogens (tertiary/aromatic N) is 5. The molecule has 2 aromatic rings. The van der Waals surface area contributed by atoms with Gasteiger partial charge in [0.2, 0.25) is 0 Å². The molecule has 0 radical (unpaired) electrons. The van der Waals surface area contributed by atoms with Gasteiger partial charge in [0.1, 0.15) is 19.1 Å². The van der Waals surface area contributed by atoms with Crippen LogP contribution >= 0.6 is 0 Å². The van der Waals surface area contributed by atoms with Crippen molar-refractivity contribution in [2.75, 3.05) is 31.5 Å². The van der Waals surface area contributed by atoms with E-state index in [1.54, 1.807) is 0 Å². The zero-order valence-electron chi connectivity index (χ0n) is 23.1. The van der Waals surface area contributed by atoms with E-state index in [0.717, 1.165) is 7.05 Å². The van der Waals surface area contributed by atoms with Crippen molar-refractivity contribution in [2.24, 2.45) is 5.92 Å². The fourth-order valence-corrected chi connectivity index (χ4v) is 2.12. The number of H-pyrrole nitrogens is 1. The molecule has 7 heteroatoms. The molecule has 0 spiro atoms. The lowest BCUT2D eigenvalue weighted by molar-refractivity contribution is -0.130. The Balaban J connectivity index is 2.41. The molecule has 3 rings (SSSR count). The van der Waals surface area contributed by atoms with Crippen LogP contribution in [-0.2, 0) is 4.79 Å². The van der Waals surface area contributed by atoms with Crippen LogP contribution in [0.1, 0.15) is 28.3 Å². The summed E-state index contributed by atoms with van der Waals surface area (Å²) in [6, 6.07) is -1.79. The SMILES string of the molecule is [2H]c1nc(N(C)[C@]2([2H])[C@H](C([2H])([2H])[2H])C([2H])([2H])C([2H])([2H])N(C(=O)C[N+]#[C-])C2([2H])[2H])c2cc[nH]c2n1. The molecule has 0 saturated carbocycles. The van der Waals surface area contributed by atoms with Gasteiger partial charge >= 0.3 is 5.91 Å². The van der Waals surface area contributed by atoms with Crippen LogP contribution in [0.2, 0.25) is 0 Å². The van der Waals surface area contributed by atoms with E-state index in [1.807, 2.05) is 0 Å². The third-order valence-electron chi connectivity index (χ3n) is 3.25. The minimum atomic E-state index is -3.54. The lowest BCUT2D eigenvalue weighted by atomic mass is 9.92. The van der Waals surface area contributed by atoms with Crippen LogP contribution in [0.5, 0.6) is 0 Å². The summed E-state index contributed by atoms with van der Waals surface area (Å²) in [5, 5.41) is 0.151. The number of fused-ring (bicyclic) bond motifs is 1. The number of carbonyl (C=O) groups excluding carboxylic acids is 1. The number of nitrogens with one attached hydrogen (secondary N) is 1. The number of anilines is 1. The Bertz CT molecular complexity index is 1170. The second kappa shape index (κ2) is 6.24. The van der Waals surface area contributed by atoms with Crippen LogP contribution in [0.15, 0.2) is 18.6 Å². The monoisotopic (exact) mass is 323 g/mol. The van der Waals surface area contributed by atoms with Gasteiger partial charge in [-0.05, 0) is 18.4 Å². The van der Waals surface area contributed by atoms with Gasteiger partial charge in [-0.2, -0.15) is 0 Å². The topological polar surface area (TPSA) is 69.5 Å². The molecule has 1 aliphatic rings. The van der Waals surface area contributed by atoms with Crippen molar-refractivity contribution < 1.29 is 19.9 Å². The molecule has 120 valence electrons. The highest BCUT2D eigenvalue weighted by Crippen LogP contribution is 2.28. The molecular weight excluding hydrogens is 292 g/mol. The highest BCUT2D eigenvalue weighted by atomic mass is 16.2. The van der Waals surface area contributed by atoms with E-state index in [4.69, 9.17) is 21.7 Å². The van der Waals surface area contributed by atoms with Crippen LogP contribution in [0.4, 0.5) is 5.82 Å². The lowest BCUT2D eigenvalue weighted by Gasteiger charge is -2.41. The van der Waals surface area contributed by atoms with Gasteiger partial charge in [0.25, 0.3) is 6.54 Å². The van der Waals surface area contributed by atoms with Crippen molar-refractivity contribution in [3.8, 4) is 0 Å². The smallest absolute Gasteiger partial charge is 0.302 e. The third kappa shape index (κ3) is 2.84. The normalized spacial score (nSPS) is 38.5. The second-order valence-corrected chi connectivity index (χ2v) is 4.68. The van der Waals surface area contributed by atoms with Gasteiger partial charge in [-0.15, -0.1) is 0 Å². The number of hydrogen-bond acceptors (Lipinski definition) is 4. The van der Waals surface area contributed by atoms with Gasteiger partial charge in [-0.1, -0.05) is 6.85 Å². The summed E-state index contributed by atoms with van der Waals surface area (Å²) in [6.45, 7) is -4.61. The molecule has 1 amide bonds. The van der Waals surface area contributed by atoms with Crippen molar-refractivity contribution >= 4 is 22.8 Å². The minimum absolute atomic E-state index is 0.103. The number of amides is 1. The van der Waals surface area contributed by atoms with Gasteiger partial charge in [-0.25, -0.2) is 16.5 Å². The van der Waals surface area contributed by atoms with Crippen LogP contribution in [-0.4, -0.2) is 58.4 Å². The van der Waals surface area contributed by atoms with Crippen LogP contribution in [0, 0.1) is 12.5 Å². The molecule has 1 saturated heterocycles. The summed E-state index contributed by atoms with van der Waals surface area (Å²) in [5.41, 5.74) is 0.103. The van der Waals surface area contributed by atoms with E-state index >= 15 is 0 Å². The quantitative estimate of drug-likeness (QED) is 0.870. The molecule has 0 unspecified atom stereocenters. The molecule has 2 atom stereocenters. The van der Waals surface area contributed by atoms with E-state index < -0.39 is 56.9 Å². The molecule has 7 nitrogen and oxygen atoms in total. The number of piperidine rings is 1. The Morgan fingerprint density at radius 1 is 1.78 bits per heavy atom. The summed E-state index contributed by atoms with van der Waals surface area (Å²) in [4.78, 5) is 26.5. The van der Waals surface area contributed by atoms with Crippen LogP contribution in [0.3, 0.4) is 0 Å². The number of aromatic amines is 1. The number of carbonyl (C=O) groups is 1. The van der Waals surface area contributed by atoms with E-state index in [0.29, 0.717) is 4.90 Å². The average molecular weight is 323 g/mol. The molecule has 0 bridgehead atoms. The molecule has 2 aromatic heterocycles. The van der Waals surface area contributed by atoms with Gasteiger partial charge in [0.05, 0.1) is 15.5 Å². The standard InChI is InChI=1S/C16H20N6O/c1-11-5-7-22(14(23)8-17-2)9-13(11)21(3)16-12-4-6-18-15(12)19-10-20-16/h4,6,10-11,13H,5,7-9H2,1,3H3,(H,18,19,20)/t11-,13+/m1/s1/i1D3,5D2,7D2,9D2,10D,13D. The van der Waals surface area contributed by atoms with Crippen LogP contribution in [0.25, 0.3) is 15.9 Å². The van der Waals surface area contributed by atoms with Crippen molar-refractivity contribution in [1.29, 1.82) is 0 Å². The van der Waals surface area contributed by atoms with Gasteiger partial charge in [-0.3, -0.25) is 4.79 Å². The van der Waals surface area contributed by atoms with Crippen molar-refractivity contribution in [3.63, 3.8) is 0 Å². The minimum Gasteiger partial charge on any atom is -0.354 e. The molecule has 1 N–H and O–H groups in total. The van der Waals surface area contributed by atoms with Crippen LogP contribution < -0.4 is 4.90 Å². The zero-order valence-corrected chi connectivity index (χ0v) is 12.1. The summed E-state index contributed by atoms with van der Waals surface area (Å²) in [7, 11) is 1.05. The maximum atomic E-state index is 12.7. The Morgan fingerprint density at radius 2 is 2.65 bits per heavy atom. The fourth-order valence-electron chi connectivity index (χ4n) is 2.12. The van der Waals surface area contributed by atoms with Crippen molar-refractivity contribution in [2.45, 2.75) is 19.2 Å². The summed E-state index contributed by atoms with van der Waals surface area (Å²) < 4.78 is 91.6. The summed E-state index contributed by atoms with van der Waals surface area (Å²) in [5.74, 6) is -4.42. The van der Waals surface area contributed by atoms with Gasteiger partial charge < -0.3 is 19.6 Å². The second-order valence-electron chi connectivity index (χ2n) is 4.68. The maximum Gasteiger partial charge on any atom is 0.302 e. The average Bonchev–Trinajstić information content (AvgIpc) is 3.12. The Kier molecular flexibility index (Phi) is 1.87. The maximum absolute atomic E-state index is 12.7. The number of hydrogen-bond donors (Lipinski definition) is 1. The molecule has 0 aliphatic carbocycles. The van der Waals surface area contributed by atoms with E-state index in [-0.39, 0.29) is 21.8 Å². The van der Waals surface area contributed by atoms with Crippen molar-refractivity contribution in [1.82, 2.24) is 19.9 Å². The summed E-state index contributed by atoms with van der Waals surface area (Å²) in [6.07, 6.45) is -2.65. The van der Waals surface area contributed by atoms with Crippen molar-refractivity contribution in [3.05, 3.63) is 30.0 Å². The lowest BCUT2D eigenvalue weighted by Crippen LogP contribution is -2.53. The first-order valence-corrected chi connectivity index (χ1v) is 6.58. The number of likely N-dealkylation sites (N-methyl/N-ethyl adjacent to an activating group) is 1. The molecule has 23 heavy (non-hydrogen) atoms. The zero-order chi connectivity index (χ0) is 26.1. The highest BCUT2D eigenvalue weighted by molar-refractivity contribution is 5.87. The third-order valence-corrected chi connectivity index (χ3v) is 3.25. The Labute approximate surface area is 150 Å². The number of likely N-dealkylation sites (tertiary alicyclic amines) is 1. The van der Waals surface area contributed by atoms with E-state index in [2.05, 4.69) is 19.8 Å². The first-order valence-electron chi connectivity index (χ1n) is 12.1. The molecule has 1 aliphatic heterocycles. The number of rotatable bonds is 3. The predicted molar refractivity (Wildman–Crippen MR) is 87.9 cm³/mol. The highest BCUT2D eigenvalue weighted by Gasteiger charge is 2.33. The van der Waals surface area contributed by atoms with Gasteiger partial charge in [0.15, 0.2) is 0 Å². The largest absolute Gasteiger partial charge is 0.354 e. The number of aromatic nitrogens is 3. The Morgan fingerprint density at radius 3 is 3.43 bits per heavy atom. The fraction of sp³-hybridized carbons (Fsp3) is 0.500.